The molecule has 0 spiro atoms. The van der Waals surface area contributed by atoms with E-state index in [1.807, 2.05) is 18.2 Å². The molecule has 3 heterocycles. The number of rotatable bonds is 7. The summed E-state index contributed by atoms with van der Waals surface area (Å²) in [5.74, 6) is 0.982. The number of aryl methyl sites for hydroxylation is 1. The van der Waals surface area contributed by atoms with Crippen LogP contribution < -0.4 is 10.6 Å². The minimum atomic E-state index is -0.239. The lowest BCUT2D eigenvalue weighted by molar-refractivity contribution is 0.0398. The zero-order valence-electron chi connectivity index (χ0n) is 14.9. The van der Waals surface area contributed by atoms with Gasteiger partial charge in [0.2, 0.25) is 0 Å². The molecule has 0 atom stereocenters. The second-order valence-corrected chi connectivity index (χ2v) is 6.07. The first kappa shape index (κ1) is 18.2. The Morgan fingerprint density at radius 1 is 1.27 bits per heavy atom. The summed E-state index contributed by atoms with van der Waals surface area (Å²) in [6.45, 7) is 7.28. The summed E-state index contributed by atoms with van der Waals surface area (Å²) in [4.78, 5) is 27.5. The Morgan fingerprint density at radius 2 is 2.12 bits per heavy atom. The standard InChI is InChI=1S/C18H24N6O2/c1-14-22-16(18(25)21-13-15-4-2-3-5-19-15)12-17(23-14)20-6-7-24-8-10-26-11-9-24/h2-5,12H,6-11,13H2,1H3,(H,21,25)(H,20,22,23). The van der Waals surface area contributed by atoms with Crippen molar-refractivity contribution in [2.24, 2.45) is 0 Å². The molecule has 2 N–H and O–H groups in total. The van der Waals surface area contributed by atoms with Crippen LogP contribution in [0.1, 0.15) is 22.0 Å². The van der Waals surface area contributed by atoms with Crippen LogP contribution in [0.2, 0.25) is 0 Å². The van der Waals surface area contributed by atoms with Crippen molar-refractivity contribution in [2.45, 2.75) is 13.5 Å². The summed E-state index contributed by atoms with van der Waals surface area (Å²) in [7, 11) is 0. The average molecular weight is 356 g/mol. The van der Waals surface area contributed by atoms with Crippen molar-refractivity contribution in [3.63, 3.8) is 0 Å². The predicted octanol–water partition coefficient (Wildman–Crippen LogP) is 0.854. The lowest BCUT2D eigenvalue weighted by Crippen LogP contribution is -2.39. The highest BCUT2D eigenvalue weighted by atomic mass is 16.5. The van der Waals surface area contributed by atoms with Crippen molar-refractivity contribution in [1.82, 2.24) is 25.2 Å². The van der Waals surface area contributed by atoms with Crippen molar-refractivity contribution in [2.75, 3.05) is 44.7 Å². The van der Waals surface area contributed by atoms with E-state index in [9.17, 15) is 4.79 Å². The number of nitrogens with one attached hydrogen (secondary N) is 2. The molecule has 1 saturated heterocycles. The maximum absolute atomic E-state index is 12.4. The van der Waals surface area contributed by atoms with Crippen LogP contribution in [0.25, 0.3) is 0 Å². The van der Waals surface area contributed by atoms with Gasteiger partial charge in [-0.1, -0.05) is 6.07 Å². The molecule has 0 saturated carbocycles. The molecule has 1 aliphatic heterocycles. The molecule has 1 aliphatic rings. The third kappa shape index (κ3) is 5.47. The Kier molecular flexibility index (Phi) is 6.45. The molecule has 0 unspecified atom stereocenters. The molecule has 8 heteroatoms. The van der Waals surface area contributed by atoms with Gasteiger partial charge in [0.1, 0.15) is 17.3 Å². The number of pyridine rings is 1. The van der Waals surface area contributed by atoms with Crippen molar-refractivity contribution in [3.8, 4) is 0 Å². The third-order valence-electron chi connectivity index (χ3n) is 4.06. The van der Waals surface area contributed by atoms with Gasteiger partial charge < -0.3 is 15.4 Å². The minimum absolute atomic E-state index is 0.239. The summed E-state index contributed by atoms with van der Waals surface area (Å²) in [5.41, 5.74) is 1.15. The number of aromatic nitrogens is 3. The summed E-state index contributed by atoms with van der Waals surface area (Å²) in [6.07, 6.45) is 1.70. The molecular formula is C18H24N6O2. The molecule has 1 fully saturated rings. The number of hydrogen-bond donors (Lipinski definition) is 2. The number of nitrogens with zero attached hydrogens (tertiary/aromatic N) is 4. The van der Waals surface area contributed by atoms with E-state index in [2.05, 4.69) is 30.5 Å². The molecule has 1 amide bonds. The number of amides is 1. The van der Waals surface area contributed by atoms with Crippen LogP contribution in [0.15, 0.2) is 30.5 Å². The Hall–Kier alpha value is -2.58. The molecule has 138 valence electrons. The van der Waals surface area contributed by atoms with Crippen molar-refractivity contribution < 1.29 is 9.53 Å². The van der Waals surface area contributed by atoms with Gasteiger partial charge in [-0.25, -0.2) is 9.97 Å². The van der Waals surface area contributed by atoms with Crippen LogP contribution in [0.5, 0.6) is 0 Å². The van der Waals surface area contributed by atoms with Gasteiger partial charge in [-0.05, 0) is 19.1 Å². The van der Waals surface area contributed by atoms with E-state index in [0.717, 1.165) is 45.1 Å². The van der Waals surface area contributed by atoms with Crippen molar-refractivity contribution in [1.29, 1.82) is 0 Å². The van der Waals surface area contributed by atoms with Gasteiger partial charge >= 0.3 is 0 Å². The molecule has 0 radical (unpaired) electrons. The Bertz CT molecular complexity index is 719. The third-order valence-corrected chi connectivity index (χ3v) is 4.06. The summed E-state index contributed by atoms with van der Waals surface area (Å²) in [6, 6.07) is 7.28. The number of ether oxygens (including phenoxy) is 1. The fourth-order valence-electron chi connectivity index (χ4n) is 2.71. The zero-order valence-corrected chi connectivity index (χ0v) is 14.9. The highest BCUT2D eigenvalue weighted by molar-refractivity contribution is 5.92. The van der Waals surface area contributed by atoms with E-state index >= 15 is 0 Å². The lowest BCUT2D eigenvalue weighted by Gasteiger charge is -2.26. The fraction of sp³-hybridized carbons (Fsp3) is 0.444. The van der Waals surface area contributed by atoms with E-state index in [-0.39, 0.29) is 5.91 Å². The second kappa shape index (κ2) is 9.21. The molecule has 0 aromatic carbocycles. The van der Waals surface area contributed by atoms with Crippen molar-refractivity contribution in [3.05, 3.63) is 47.7 Å². The zero-order chi connectivity index (χ0) is 18.2. The molecule has 2 aromatic heterocycles. The van der Waals surface area contributed by atoms with E-state index in [1.165, 1.54) is 0 Å². The number of morpholine rings is 1. The molecule has 0 aliphatic carbocycles. The first-order valence-electron chi connectivity index (χ1n) is 8.78. The van der Waals surface area contributed by atoms with Crippen LogP contribution in [0.4, 0.5) is 5.82 Å². The van der Waals surface area contributed by atoms with Crippen LogP contribution in [0, 0.1) is 6.92 Å². The molecule has 8 nitrogen and oxygen atoms in total. The number of carbonyl (C=O) groups excluding carboxylic acids is 1. The fourth-order valence-corrected chi connectivity index (χ4v) is 2.71. The quantitative estimate of drug-likeness (QED) is 0.760. The Morgan fingerprint density at radius 3 is 2.88 bits per heavy atom. The molecular weight excluding hydrogens is 332 g/mol. The topological polar surface area (TPSA) is 92.3 Å². The first-order valence-corrected chi connectivity index (χ1v) is 8.78. The first-order chi connectivity index (χ1) is 12.7. The van der Waals surface area contributed by atoms with Gasteiger partial charge in [-0.15, -0.1) is 0 Å². The molecule has 26 heavy (non-hydrogen) atoms. The van der Waals surface area contributed by atoms with E-state index < -0.39 is 0 Å². The highest BCUT2D eigenvalue weighted by Crippen LogP contribution is 2.07. The van der Waals surface area contributed by atoms with Crippen LogP contribution in [-0.2, 0) is 11.3 Å². The number of hydrogen-bond acceptors (Lipinski definition) is 7. The average Bonchev–Trinajstić information content (AvgIpc) is 2.67. The van der Waals surface area contributed by atoms with E-state index in [0.29, 0.717) is 23.9 Å². The normalized spacial score (nSPS) is 14.8. The van der Waals surface area contributed by atoms with E-state index in [1.54, 1.807) is 19.2 Å². The van der Waals surface area contributed by atoms with Gasteiger partial charge in [0.25, 0.3) is 5.91 Å². The smallest absolute Gasteiger partial charge is 0.270 e. The minimum Gasteiger partial charge on any atom is -0.379 e. The van der Waals surface area contributed by atoms with Crippen LogP contribution in [0.3, 0.4) is 0 Å². The van der Waals surface area contributed by atoms with Gasteiger partial charge in [-0.3, -0.25) is 14.7 Å². The Labute approximate surface area is 153 Å². The molecule has 2 aromatic rings. The second-order valence-electron chi connectivity index (χ2n) is 6.07. The molecule has 0 bridgehead atoms. The summed E-state index contributed by atoms with van der Waals surface area (Å²) < 4.78 is 5.35. The highest BCUT2D eigenvalue weighted by Gasteiger charge is 2.12. The summed E-state index contributed by atoms with van der Waals surface area (Å²) >= 11 is 0. The summed E-state index contributed by atoms with van der Waals surface area (Å²) in [5, 5.41) is 6.11. The predicted molar refractivity (Wildman–Crippen MR) is 97.9 cm³/mol. The van der Waals surface area contributed by atoms with Crippen molar-refractivity contribution >= 4 is 11.7 Å². The maximum Gasteiger partial charge on any atom is 0.270 e. The number of carbonyl (C=O) groups is 1. The van der Waals surface area contributed by atoms with Gasteiger partial charge in [0.15, 0.2) is 0 Å². The van der Waals surface area contributed by atoms with Crippen LogP contribution >= 0.6 is 0 Å². The van der Waals surface area contributed by atoms with E-state index in [4.69, 9.17) is 4.74 Å². The SMILES string of the molecule is Cc1nc(NCCN2CCOCC2)cc(C(=O)NCc2ccccn2)n1. The van der Waals surface area contributed by atoms with Crippen LogP contribution in [-0.4, -0.2) is 65.2 Å². The monoisotopic (exact) mass is 356 g/mol. The van der Waals surface area contributed by atoms with Gasteiger partial charge in [0, 0.05) is 38.4 Å². The lowest BCUT2D eigenvalue weighted by atomic mass is 10.3. The Balaban J connectivity index is 1.53. The van der Waals surface area contributed by atoms with Gasteiger partial charge in [-0.2, -0.15) is 0 Å². The maximum atomic E-state index is 12.4. The number of anilines is 1. The largest absolute Gasteiger partial charge is 0.379 e. The molecule has 3 rings (SSSR count). The van der Waals surface area contributed by atoms with Gasteiger partial charge in [0.05, 0.1) is 25.5 Å².